The zero-order valence-electron chi connectivity index (χ0n) is 11.4. The number of para-hydroxylation sites is 1. The van der Waals surface area contributed by atoms with Gasteiger partial charge in [0.05, 0.1) is 16.9 Å². The van der Waals surface area contributed by atoms with E-state index >= 15 is 0 Å². The Hall–Kier alpha value is -2.77. The molecule has 0 aliphatic carbocycles. The second kappa shape index (κ2) is 6.12. The fourth-order valence-electron chi connectivity index (χ4n) is 2.20. The number of amides is 3. The molecule has 0 unspecified atom stereocenters. The summed E-state index contributed by atoms with van der Waals surface area (Å²) in [6.07, 6.45) is 0. The molecule has 8 nitrogen and oxygen atoms in total. The lowest BCUT2D eigenvalue weighted by atomic mass is 10.1. The van der Waals surface area contributed by atoms with E-state index in [9.17, 15) is 14.4 Å². The van der Waals surface area contributed by atoms with Gasteiger partial charge in [0.15, 0.2) is 0 Å². The van der Waals surface area contributed by atoms with Gasteiger partial charge in [0.2, 0.25) is 11.8 Å². The minimum absolute atomic E-state index is 0.362. The van der Waals surface area contributed by atoms with Crippen LogP contribution in [0.5, 0.6) is 0 Å². The van der Waals surface area contributed by atoms with Crippen LogP contribution in [0.4, 0.5) is 11.4 Å². The van der Waals surface area contributed by atoms with E-state index < -0.39 is 17.7 Å². The summed E-state index contributed by atoms with van der Waals surface area (Å²) < 4.78 is 0. The lowest BCUT2D eigenvalue weighted by Crippen LogP contribution is -2.43. The van der Waals surface area contributed by atoms with E-state index in [1.807, 2.05) is 6.07 Å². The van der Waals surface area contributed by atoms with E-state index in [0.717, 1.165) is 17.1 Å². The number of nitrogens with zero attached hydrogens (tertiary/aromatic N) is 1. The number of rotatable bonds is 5. The molecule has 0 spiro atoms. The molecule has 0 fully saturated rings. The van der Waals surface area contributed by atoms with E-state index in [0.29, 0.717) is 17.8 Å². The first-order valence-corrected chi connectivity index (χ1v) is 6.45. The normalized spacial score (nSPS) is 12.6. The van der Waals surface area contributed by atoms with Crippen LogP contribution >= 0.6 is 0 Å². The predicted molar refractivity (Wildman–Crippen MR) is 77.7 cm³/mol. The largest absolute Gasteiger partial charge is 0.382 e. The minimum atomic E-state index is -0.708. The van der Waals surface area contributed by atoms with Crippen molar-refractivity contribution in [2.45, 2.75) is 0 Å². The van der Waals surface area contributed by atoms with Crippen LogP contribution in [0, 0.1) is 0 Å². The summed E-state index contributed by atoms with van der Waals surface area (Å²) in [6, 6.07) is 5.18. The molecule has 1 aliphatic heterocycles. The van der Waals surface area contributed by atoms with Crippen LogP contribution < -0.4 is 22.1 Å². The summed E-state index contributed by atoms with van der Waals surface area (Å²) in [4.78, 5) is 35.7. The molecule has 0 saturated carbocycles. The quantitative estimate of drug-likeness (QED) is 0.549. The number of benzene rings is 1. The first kappa shape index (κ1) is 14.6. The Kier molecular flexibility index (Phi) is 4.27. The summed E-state index contributed by atoms with van der Waals surface area (Å²) in [5, 5.41) is 6.29. The number of nitrogens with two attached hydrogens (primary N) is 2. The number of nitrogens with one attached hydrogen (secondary N) is 2. The van der Waals surface area contributed by atoms with Gasteiger partial charge in [-0.3, -0.25) is 14.4 Å². The van der Waals surface area contributed by atoms with E-state index in [2.05, 4.69) is 10.6 Å². The van der Waals surface area contributed by atoms with Gasteiger partial charge in [-0.15, -0.1) is 0 Å². The summed E-state index contributed by atoms with van der Waals surface area (Å²) in [7, 11) is 0. The molecule has 6 N–H and O–H groups in total. The molecule has 8 heteroatoms. The molecular weight excluding hydrogens is 274 g/mol. The van der Waals surface area contributed by atoms with Crippen LogP contribution in [0.15, 0.2) is 18.2 Å². The smallest absolute Gasteiger partial charge is 0.256 e. The van der Waals surface area contributed by atoms with Gasteiger partial charge < -0.3 is 27.0 Å². The molecule has 1 aromatic carbocycles. The van der Waals surface area contributed by atoms with Gasteiger partial charge in [-0.05, 0) is 12.1 Å². The van der Waals surface area contributed by atoms with Crippen molar-refractivity contribution in [2.24, 2.45) is 11.5 Å². The van der Waals surface area contributed by atoms with Crippen LogP contribution in [-0.2, 0) is 9.59 Å². The summed E-state index contributed by atoms with van der Waals surface area (Å²) in [6.45, 7) is 0.692. The van der Waals surface area contributed by atoms with Crippen molar-refractivity contribution in [3.8, 4) is 0 Å². The lowest BCUT2D eigenvalue weighted by molar-refractivity contribution is -0.121. The zero-order chi connectivity index (χ0) is 15.4. The maximum Gasteiger partial charge on any atom is 0.256 e. The standard InChI is InChI=1S/C13H17N5O3/c14-10(19)6-18(7-11(15)20)13(21)8-2-1-3-9-12(8)17-5-4-16-9/h1-3,16-17H,4-7H2,(H2,14,19)(H2,15,20). The molecule has 1 aromatic rings. The summed E-state index contributed by atoms with van der Waals surface area (Å²) in [5.41, 5.74) is 12.0. The molecule has 0 aromatic heterocycles. The van der Waals surface area contributed by atoms with Crippen LogP contribution in [0.3, 0.4) is 0 Å². The lowest BCUT2D eigenvalue weighted by Gasteiger charge is -2.25. The van der Waals surface area contributed by atoms with Crippen LogP contribution in [-0.4, -0.2) is 48.8 Å². The molecule has 21 heavy (non-hydrogen) atoms. The van der Waals surface area contributed by atoms with Gasteiger partial charge in [-0.1, -0.05) is 6.07 Å². The van der Waals surface area contributed by atoms with Gasteiger partial charge in [-0.25, -0.2) is 0 Å². The van der Waals surface area contributed by atoms with Gasteiger partial charge in [0.1, 0.15) is 13.1 Å². The van der Waals surface area contributed by atoms with Crippen molar-refractivity contribution >= 4 is 29.1 Å². The molecule has 3 amide bonds. The van der Waals surface area contributed by atoms with Gasteiger partial charge >= 0.3 is 0 Å². The van der Waals surface area contributed by atoms with E-state index in [-0.39, 0.29) is 13.1 Å². The van der Waals surface area contributed by atoms with Crippen molar-refractivity contribution in [1.29, 1.82) is 0 Å². The van der Waals surface area contributed by atoms with Crippen molar-refractivity contribution in [3.05, 3.63) is 23.8 Å². The van der Waals surface area contributed by atoms with Gasteiger partial charge in [0, 0.05) is 13.1 Å². The third-order valence-corrected chi connectivity index (χ3v) is 3.02. The minimum Gasteiger partial charge on any atom is -0.382 e. The van der Waals surface area contributed by atoms with E-state index in [1.165, 1.54) is 0 Å². The van der Waals surface area contributed by atoms with Crippen molar-refractivity contribution < 1.29 is 14.4 Å². The number of hydrogen-bond acceptors (Lipinski definition) is 5. The molecule has 0 bridgehead atoms. The van der Waals surface area contributed by atoms with Crippen LogP contribution in [0.2, 0.25) is 0 Å². The Bertz CT molecular complexity index is 571. The number of primary amides is 2. The maximum atomic E-state index is 12.5. The van der Waals surface area contributed by atoms with Crippen molar-refractivity contribution in [3.63, 3.8) is 0 Å². The number of hydrogen-bond donors (Lipinski definition) is 4. The van der Waals surface area contributed by atoms with Crippen LogP contribution in [0.25, 0.3) is 0 Å². The Balaban J connectivity index is 2.32. The molecule has 112 valence electrons. The topological polar surface area (TPSA) is 131 Å². The molecule has 2 rings (SSSR count). The van der Waals surface area contributed by atoms with E-state index in [1.54, 1.807) is 12.1 Å². The Morgan fingerprint density at radius 2 is 1.67 bits per heavy atom. The highest BCUT2D eigenvalue weighted by Gasteiger charge is 2.24. The number of carbonyl (C=O) groups is 3. The van der Waals surface area contributed by atoms with Crippen molar-refractivity contribution in [1.82, 2.24) is 4.90 Å². The van der Waals surface area contributed by atoms with E-state index in [4.69, 9.17) is 11.5 Å². The first-order valence-electron chi connectivity index (χ1n) is 6.45. The molecule has 0 saturated heterocycles. The maximum absolute atomic E-state index is 12.5. The SMILES string of the molecule is NC(=O)CN(CC(N)=O)C(=O)c1cccc2c1NCCN2. The Morgan fingerprint density at radius 3 is 2.29 bits per heavy atom. The first-order chi connectivity index (χ1) is 9.99. The average Bonchev–Trinajstić information content (AvgIpc) is 2.44. The Morgan fingerprint density at radius 1 is 1.05 bits per heavy atom. The molecular formula is C13H17N5O3. The molecule has 1 aliphatic rings. The third kappa shape index (κ3) is 3.41. The molecule has 0 atom stereocenters. The molecule has 0 radical (unpaired) electrons. The Labute approximate surface area is 121 Å². The monoisotopic (exact) mass is 291 g/mol. The highest BCUT2D eigenvalue weighted by molar-refractivity contribution is 6.05. The predicted octanol–water partition coefficient (Wildman–Crippen LogP) is -1.06. The van der Waals surface area contributed by atoms with Crippen molar-refractivity contribution in [2.75, 3.05) is 36.8 Å². The van der Waals surface area contributed by atoms with Gasteiger partial charge in [0.25, 0.3) is 5.91 Å². The third-order valence-electron chi connectivity index (χ3n) is 3.02. The second-order valence-corrected chi connectivity index (χ2v) is 4.68. The average molecular weight is 291 g/mol. The summed E-state index contributed by atoms with van der Waals surface area (Å²) >= 11 is 0. The zero-order valence-corrected chi connectivity index (χ0v) is 11.4. The number of carbonyl (C=O) groups excluding carboxylic acids is 3. The fourth-order valence-corrected chi connectivity index (χ4v) is 2.20. The highest BCUT2D eigenvalue weighted by atomic mass is 16.2. The second-order valence-electron chi connectivity index (χ2n) is 4.68. The molecule has 1 heterocycles. The number of fused-ring (bicyclic) bond motifs is 1. The van der Waals surface area contributed by atoms with Crippen LogP contribution in [0.1, 0.15) is 10.4 Å². The summed E-state index contributed by atoms with van der Waals surface area (Å²) in [5.74, 6) is -1.89. The number of anilines is 2. The highest BCUT2D eigenvalue weighted by Crippen LogP contribution is 2.29. The van der Waals surface area contributed by atoms with Gasteiger partial charge in [-0.2, -0.15) is 0 Å². The fraction of sp³-hybridized carbons (Fsp3) is 0.308.